The number of piperazine rings is 1. The van der Waals surface area contributed by atoms with E-state index >= 15 is 0 Å². The summed E-state index contributed by atoms with van der Waals surface area (Å²) in [6.45, 7) is 4.09. The van der Waals surface area contributed by atoms with Crippen molar-refractivity contribution in [2.45, 2.75) is 63.2 Å². The van der Waals surface area contributed by atoms with E-state index in [-0.39, 0.29) is 29.9 Å². The van der Waals surface area contributed by atoms with Gasteiger partial charge in [-0.1, -0.05) is 12.1 Å². The van der Waals surface area contributed by atoms with Crippen LogP contribution in [0.5, 0.6) is 5.75 Å². The van der Waals surface area contributed by atoms with Crippen LogP contribution in [0.4, 0.5) is 0 Å². The SMILES string of the molecule is COc1ccc(CN[C@H]2C[C@H]3C(=O)NC[C@@H](CCC(=O)N4CCCCC4)N3C2)cc1. The van der Waals surface area contributed by atoms with Gasteiger partial charge in [0.15, 0.2) is 0 Å². The number of benzene rings is 1. The van der Waals surface area contributed by atoms with Crippen molar-refractivity contribution in [3.8, 4) is 5.75 Å². The second-order valence-electron chi connectivity index (χ2n) is 8.75. The molecule has 1 aromatic rings. The van der Waals surface area contributed by atoms with Gasteiger partial charge in [0.05, 0.1) is 13.2 Å². The van der Waals surface area contributed by atoms with Crippen LogP contribution >= 0.6 is 0 Å². The molecule has 1 aromatic carbocycles. The molecule has 3 heterocycles. The second-order valence-corrected chi connectivity index (χ2v) is 8.75. The Bertz CT molecular complexity index is 732. The lowest BCUT2D eigenvalue weighted by atomic mass is 10.0. The summed E-state index contributed by atoms with van der Waals surface area (Å²) in [7, 11) is 1.67. The van der Waals surface area contributed by atoms with Crippen molar-refractivity contribution in [1.82, 2.24) is 20.4 Å². The smallest absolute Gasteiger partial charge is 0.237 e. The first-order valence-electron chi connectivity index (χ1n) is 11.3. The number of ether oxygens (including phenoxy) is 1. The number of methoxy groups -OCH3 is 1. The molecule has 0 bridgehead atoms. The Kier molecular flexibility index (Phi) is 6.89. The molecule has 30 heavy (non-hydrogen) atoms. The van der Waals surface area contributed by atoms with Gasteiger partial charge in [-0.2, -0.15) is 0 Å². The molecule has 0 aromatic heterocycles. The molecule has 3 atom stereocenters. The Morgan fingerprint density at radius 1 is 1.20 bits per heavy atom. The fourth-order valence-electron chi connectivity index (χ4n) is 4.99. The molecule has 2 N–H and O–H groups in total. The van der Waals surface area contributed by atoms with Gasteiger partial charge in [-0.05, 0) is 49.8 Å². The summed E-state index contributed by atoms with van der Waals surface area (Å²) in [5.41, 5.74) is 1.20. The lowest BCUT2D eigenvalue weighted by Gasteiger charge is -2.37. The number of nitrogens with one attached hydrogen (secondary N) is 2. The average Bonchev–Trinajstić information content (AvgIpc) is 3.23. The molecule has 4 rings (SSSR count). The summed E-state index contributed by atoms with van der Waals surface area (Å²) in [5.74, 6) is 1.26. The van der Waals surface area contributed by atoms with Crippen LogP contribution in [-0.4, -0.2) is 73.0 Å². The number of likely N-dealkylation sites (tertiary alicyclic amines) is 1. The molecule has 2 amide bonds. The van der Waals surface area contributed by atoms with Gasteiger partial charge < -0.3 is 20.3 Å². The maximum atomic E-state index is 12.6. The van der Waals surface area contributed by atoms with E-state index in [0.717, 1.165) is 57.6 Å². The number of hydrogen-bond acceptors (Lipinski definition) is 5. The van der Waals surface area contributed by atoms with Crippen molar-refractivity contribution in [2.24, 2.45) is 0 Å². The fourth-order valence-corrected chi connectivity index (χ4v) is 4.99. The number of hydrogen-bond donors (Lipinski definition) is 2. The zero-order valence-electron chi connectivity index (χ0n) is 17.9. The quantitative estimate of drug-likeness (QED) is 0.708. The van der Waals surface area contributed by atoms with E-state index in [1.807, 2.05) is 17.0 Å². The molecule has 164 valence electrons. The number of amides is 2. The molecule has 3 aliphatic heterocycles. The van der Waals surface area contributed by atoms with E-state index in [2.05, 4.69) is 27.7 Å². The van der Waals surface area contributed by atoms with E-state index in [1.165, 1.54) is 12.0 Å². The maximum Gasteiger partial charge on any atom is 0.237 e. The third-order valence-corrected chi connectivity index (χ3v) is 6.78. The molecule has 3 saturated heterocycles. The van der Waals surface area contributed by atoms with Crippen LogP contribution in [0.1, 0.15) is 44.1 Å². The molecule has 7 nitrogen and oxygen atoms in total. The average molecular weight is 415 g/mol. The molecular weight excluding hydrogens is 380 g/mol. The minimum absolute atomic E-state index is 0.0813. The number of piperidine rings is 1. The topological polar surface area (TPSA) is 73.9 Å². The normalized spacial score (nSPS) is 26.9. The minimum Gasteiger partial charge on any atom is -0.497 e. The predicted octanol–water partition coefficient (Wildman–Crippen LogP) is 1.52. The minimum atomic E-state index is -0.0813. The van der Waals surface area contributed by atoms with E-state index < -0.39 is 0 Å². The Labute approximate surface area is 179 Å². The van der Waals surface area contributed by atoms with Gasteiger partial charge in [0.1, 0.15) is 5.75 Å². The van der Waals surface area contributed by atoms with Gasteiger partial charge in [-0.15, -0.1) is 0 Å². The van der Waals surface area contributed by atoms with Gasteiger partial charge in [0, 0.05) is 51.2 Å². The van der Waals surface area contributed by atoms with Crippen molar-refractivity contribution in [2.75, 3.05) is 33.3 Å². The van der Waals surface area contributed by atoms with Crippen molar-refractivity contribution in [1.29, 1.82) is 0 Å². The number of fused-ring (bicyclic) bond motifs is 1. The highest BCUT2D eigenvalue weighted by Crippen LogP contribution is 2.26. The van der Waals surface area contributed by atoms with E-state index in [1.54, 1.807) is 7.11 Å². The van der Waals surface area contributed by atoms with E-state index in [4.69, 9.17) is 4.74 Å². The summed E-state index contributed by atoms with van der Waals surface area (Å²) in [6, 6.07) is 8.51. The first kappa shape index (κ1) is 21.1. The molecule has 0 radical (unpaired) electrons. The van der Waals surface area contributed by atoms with Gasteiger partial charge in [0.2, 0.25) is 11.8 Å². The zero-order chi connectivity index (χ0) is 20.9. The number of rotatable bonds is 7. The van der Waals surface area contributed by atoms with Gasteiger partial charge in [-0.3, -0.25) is 14.5 Å². The second kappa shape index (κ2) is 9.79. The van der Waals surface area contributed by atoms with Crippen molar-refractivity contribution in [3.63, 3.8) is 0 Å². The van der Waals surface area contributed by atoms with E-state index in [9.17, 15) is 9.59 Å². The molecule has 0 saturated carbocycles. The predicted molar refractivity (Wildman–Crippen MR) is 115 cm³/mol. The maximum absolute atomic E-state index is 12.6. The molecule has 3 fully saturated rings. The number of carbonyl (C=O) groups is 2. The summed E-state index contributed by atoms with van der Waals surface area (Å²) in [5, 5.41) is 6.68. The van der Waals surface area contributed by atoms with Gasteiger partial charge in [-0.25, -0.2) is 0 Å². The third-order valence-electron chi connectivity index (χ3n) is 6.78. The van der Waals surface area contributed by atoms with Crippen LogP contribution in [-0.2, 0) is 16.1 Å². The van der Waals surface area contributed by atoms with Crippen LogP contribution in [0.25, 0.3) is 0 Å². The van der Waals surface area contributed by atoms with E-state index in [0.29, 0.717) is 13.0 Å². The highest BCUT2D eigenvalue weighted by Gasteiger charge is 2.43. The summed E-state index contributed by atoms with van der Waals surface area (Å²) >= 11 is 0. The van der Waals surface area contributed by atoms with Gasteiger partial charge >= 0.3 is 0 Å². The summed E-state index contributed by atoms with van der Waals surface area (Å²) in [4.78, 5) is 29.3. The molecule has 0 spiro atoms. The summed E-state index contributed by atoms with van der Waals surface area (Å²) < 4.78 is 5.21. The monoisotopic (exact) mass is 414 g/mol. The first-order chi connectivity index (χ1) is 14.6. The molecule has 0 aliphatic carbocycles. The van der Waals surface area contributed by atoms with Crippen LogP contribution in [0.15, 0.2) is 24.3 Å². The Hall–Kier alpha value is -2.12. The van der Waals surface area contributed by atoms with Crippen molar-refractivity contribution >= 4 is 11.8 Å². The highest BCUT2D eigenvalue weighted by molar-refractivity contribution is 5.83. The molecular formula is C23H34N4O3. The third kappa shape index (κ3) is 4.95. The zero-order valence-corrected chi connectivity index (χ0v) is 17.9. The number of nitrogens with zero attached hydrogens (tertiary/aromatic N) is 2. The number of carbonyl (C=O) groups excluding carboxylic acids is 2. The van der Waals surface area contributed by atoms with Crippen LogP contribution in [0.2, 0.25) is 0 Å². The Morgan fingerprint density at radius 2 is 1.97 bits per heavy atom. The fraction of sp³-hybridized carbons (Fsp3) is 0.652. The lowest BCUT2D eigenvalue weighted by Crippen LogP contribution is -2.58. The molecule has 0 unspecified atom stereocenters. The highest BCUT2D eigenvalue weighted by atomic mass is 16.5. The lowest BCUT2D eigenvalue weighted by molar-refractivity contribution is -0.133. The Morgan fingerprint density at radius 3 is 2.70 bits per heavy atom. The van der Waals surface area contributed by atoms with Crippen LogP contribution < -0.4 is 15.4 Å². The Balaban J connectivity index is 1.29. The largest absolute Gasteiger partial charge is 0.497 e. The standard InChI is InChI=1S/C23H34N4O3/c1-30-20-8-5-17(6-9-20)14-24-18-13-21-23(29)25-15-19(27(21)16-18)7-10-22(28)26-11-3-2-4-12-26/h5-6,8-9,18-19,21,24H,2-4,7,10-16H2,1H3,(H,25,29)/t18-,19+,21-/m0/s1. The van der Waals surface area contributed by atoms with Gasteiger partial charge in [0.25, 0.3) is 0 Å². The van der Waals surface area contributed by atoms with Crippen LogP contribution in [0, 0.1) is 0 Å². The first-order valence-corrected chi connectivity index (χ1v) is 11.3. The molecule has 3 aliphatic rings. The van der Waals surface area contributed by atoms with Crippen molar-refractivity contribution in [3.05, 3.63) is 29.8 Å². The molecule has 7 heteroatoms. The summed E-state index contributed by atoms with van der Waals surface area (Å²) in [6.07, 6.45) is 5.70. The van der Waals surface area contributed by atoms with Crippen LogP contribution in [0.3, 0.4) is 0 Å². The van der Waals surface area contributed by atoms with Crippen molar-refractivity contribution < 1.29 is 14.3 Å².